The molecule has 0 aromatic heterocycles. The predicted octanol–water partition coefficient (Wildman–Crippen LogP) is 6.18. The minimum atomic E-state index is -0.648. The number of carbonyl (C=O) groups excluding carboxylic acids is 2. The van der Waals surface area contributed by atoms with Crippen molar-refractivity contribution in [2.45, 2.75) is 26.7 Å². The molecule has 0 fully saturated rings. The molecule has 162 valence electrons. The van der Waals surface area contributed by atoms with Crippen LogP contribution in [0.4, 0.5) is 0 Å². The van der Waals surface area contributed by atoms with Crippen molar-refractivity contribution in [3.05, 3.63) is 94.0 Å². The molecule has 0 radical (unpaired) electrons. The average Bonchev–Trinajstić information content (AvgIpc) is 2.83. The molecule has 0 aliphatic rings. The second-order valence-electron chi connectivity index (χ2n) is 6.65. The molecule has 0 N–H and O–H groups in total. The van der Waals surface area contributed by atoms with E-state index in [-0.39, 0.29) is 5.57 Å². The van der Waals surface area contributed by atoms with E-state index in [1.54, 1.807) is 0 Å². The fourth-order valence-electron chi connectivity index (χ4n) is 3.35. The third-order valence-electron chi connectivity index (χ3n) is 4.81. The van der Waals surface area contributed by atoms with E-state index in [1.165, 1.54) is 20.3 Å². The molecule has 2 aromatic rings. The Labute approximate surface area is 188 Å². The lowest BCUT2D eigenvalue weighted by atomic mass is 9.84. The van der Waals surface area contributed by atoms with Gasteiger partial charge in [0.05, 0.1) is 19.8 Å². The number of allylic oxidation sites excluding steroid dienone is 3. The largest absolute Gasteiger partial charge is 0.466 e. The molecule has 2 rings (SSSR count). The first-order chi connectivity index (χ1) is 15.0. The Balaban J connectivity index is 3.10. The van der Waals surface area contributed by atoms with Crippen molar-refractivity contribution in [3.8, 4) is 0 Å². The standard InChI is InChI=1S/C26H27ClO4/c1-5-20(22(27)6-2)24(18-13-9-7-10-14-18)25(19-15-11-8-12-16-19)21(26(29)31-4)17-23(28)30-3/h7-17H,5-6H2,1-4H3/b21-17-,22-20-,25-24-. The number of esters is 2. The summed E-state index contributed by atoms with van der Waals surface area (Å²) in [6, 6.07) is 19.1. The highest BCUT2D eigenvalue weighted by molar-refractivity contribution is 6.31. The second-order valence-corrected chi connectivity index (χ2v) is 7.10. The molecular weight excluding hydrogens is 412 g/mol. The van der Waals surface area contributed by atoms with Gasteiger partial charge in [-0.1, -0.05) is 86.1 Å². The molecule has 0 saturated carbocycles. The smallest absolute Gasteiger partial charge is 0.338 e. The van der Waals surface area contributed by atoms with E-state index >= 15 is 0 Å². The van der Waals surface area contributed by atoms with E-state index in [2.05, 4.69) is 0 Å². The van der Waals surface area contributed by atoms with Crippen LogP contribution in [0.3, 0.4) is 0 Å². The van der Waals surface area contributed by atoms with E-state index in [0.29, 0.717) is 23.4 Å². The summed E-state index contributed by atoms with van der Waals surface area (Å²) in [4.78, 5) is 25.1. The Morgan fingerprint density at radius 3 is 1.74 bits per heavy atom. The summed E-state index contributed by atoms with van der Waals surface area (Å²) in [5.74, 6) is -1.29. The van der Waals surface area contributed by atoms with Crippen molar-refractivity contribution < 1.29 is 19.1 Å². The van der Waals surface area contributed by atoms with Crippen LogP contribution in [-0.2, 0) is 19.1 Å². The SMILES string of the molecule is CC/C(Cl)=C(CC)/C(=C(\C(=C\C(=O)OC)C(=O)OC)c1ccccc1)c1ccccc1. The van der Waals surface area contributed by atoms with Gasteiger partial charge in [0, 0.05) is 16.7 Å². The fraction of sp³-hybridized carbons (Fsp3) is 0.231. The molecule has 0 unspecified atom stereocenters. The molecule has 4 nitrogen and oxygen atoms in total. The normalized spacial score (nSPS) is 13.1. The number of hydrogen-bond acceptors (Lipinski definition) is 4. The van der Waals surface area contributed by atoms with Crippen LogP contribution in [0.25, 0.3) is 11.1 Å². The molecule has 0 heterocycles. The van der Waals surface area contributed by atoms with Crippen molar-refractivity contribution in [1.82, 2.24) is 0 Å². The van der Waals surface area contributed by atoms with Crippen molar-refractivity contribution in [1.29, 1.82) is 0 Å². The highest BCUT2D eigenvalue weighted by atomic mass is 35.5. The minimum absolute atomic E-state index is 0.103. The van der Waals surface area contributed by atoms with Crippen molar-refractivity contribution in [2.24, 2.45) is 0 Å². The van der Waals surface area contributed by atoms with Gasteiger partial charge in [-0.3, -0.25) is 0 Å². The summed E-state index contributed by atoms with van der Waals surface area (Å²) < 4.78 is 9.87. The summed E-state index contributed by atoms with van der Waals surface area (Å²) in [7, 11) is 2.55. The van der Waals surface area contributed by atoms with Gasteiger partial charge in [-0.15, -0.1) is 0 Å². The van der Waals surface area contributed by atoms with Crippen LogP contribution in [0.5, 0.6) is 0 Å². The topological polar surface area (TPSA) is 52.6 Å². The number of carbonyl (C=O) groups is 2. The lowest BCUT2D eigenvalue weighted by Gasteiger charge is -2.21. The Morgan fingerprint density at radius 1 is 0.806 bits per heavy atom. The first-order valence-electron chi connectivity index (χ1n) is 10.1. The third-order valence-corrected chi connectivity index (χ3v) is 5.30. The maximum atomic E-state index is 12.9. The number of rotatable bonds is 8. The van der Waals surface area contributed by atoms with E-state index < -0.39 is 11.9 Å². The highest BCUT2D eigenvalue weighted by Gasteiger charge is 2.25. The first-order valence-corrected chi connectivity index (χ1v) is 10.5. The van der Waals surface area contributed by atoms with Crippen LogP contribution in [0.2, 0.25) is 0 Å². The maximum absolute atomic E-state index is 12.9. The maximum Gasteiger partial charge on any atom is 0.338 e. The molecule has 0 saturated heterocycles. The fourth-order valence-corrected chi connectivity index (χ4v) is 3.58. The van der Waals surface area contributed by atoms with Gasteiger partial charge < -0.3 is 9.47 Å². The number of methoxy groups -OCH3 is 2. The van der Waals surface area contributed by atoms with Crippen molar-refractivity contribution in [2.75, 3.05) is 14.2 Å². The summed E-state index contributed by atoms with van der Waals surface area (Å²) in [6.07, 6.45) is 2.45. The van der Waals surface area contributed by atoms with Gasteiger partial charge in [0.25, 0.3) is 0 Å². The molecule has 5 heteroatoms. The lowest BCUT2D eigenvalue weighted by molar-refractivity contribution is -0.138. The van der Waals surface area contributed by atoms with Crippen LogP contribution >= 0.6 is 11.6 Å². The highest BCUT2D eigenvalue weighted by Crippen LogP contribution is 2.40. The Morgan fingerprint density at radius 2 is 1.32 bits per heavy atom. The number of halogens is 1. The predicted molar refractivity (Wildman–Crippen MR) is 125 cm³/mol. The van der Waals surface area contributed by atoms with Crippen molar-refractivity contribution >= 4 is 34.7 Å². The van der Waals surface area contributed by atoms with Gasteiger partial charge in [0.1, 0.15) is 0 Å². The number of ether oxygens (including phenoxy) is 2. The van der Waals surface area contributed by atoms with Gasteiger partial charge in [-0.2, -0.15) is 0 Å². The Bertz CT molecular complexity index is 1000. The molecule has 0 bridgehead atoms. The van der Waals surface area contributed by atoms with Crippen LogP contribution in [0.15, 0.2) is 82.9 Å². The van der Waals surface area contributed by atoms with E-state index in [9.17, 15) is 9.59 Å². The van der Waals surface area contributed by atoms with Gasteiger partial charge in [-0.05, 0) is 35.1 Å². The lowest BCUT2D eigenvalue weighted by Crippen LogP contribution is -2.12. The number of hydrogen-bond donors (Lipinski definition) is 0. The Hall–Kier alpha value is -3.11. The molecule has 0 aliphatic heterocycles. The monoisotopic (exact) mass is 438 g/mol. The summed E-state index contributed by atoms with van der Waals surface area (Å²) >= 11 is 6.68. The molecule has 0 spiro atoms. The van der Waals surface area contributed by atoms with Crippen molar-refractivity contribution in [3.63, 3.8) is 0 Å². The zero-order valence-electron chi connectivity index (χ0n) is 18.3. The summed E-state index contributed by atoms with van der Waals surface area (Å²) in [6.45, 7) is 4.00. The first kappa shape index (κ1) is 24.2. The quantitative estimate of drug-likeness (QED) is 0.213. The molecule has 2 aromatic carbocycles. The van der Waals surface area contributed by atoms with Crippen LogP contribution in [0.1, 0.15) is 37.8 Å². The zero-order valence-corrected chi connectivity index (χ0v) is 19.0. The summed E-state index contributed by atoms with van der Waals surface area (Å²) in [5.41, 5.74) is 3.98. The third kappa shape index (κ3) is 5.96. The number of benzene rings is 2. The zero-order chi connectivity index (χ0) is 22.8. The van der Waals surface area contributed by atoms with Gasteiger partial charge in [0.2, 0.25) is 0 Å². The van der Waals surface area contributed by atoms with Crippen LogP contribution in [-0.4, -0.2) is 26.2 Å². The van der Waals surface area contributed by atoms with E-state index in [4.69, 9.17) is 21.1 Å². The molecular formula is C26H27ClO4. The van der Waals surface area contributed by atoms with Crippen LogP contribution in [0, 0.1) is 0 Å². The molecule has 0 aliphatic carbocycles. The molecule has 0 amide bonds. The van der Waals surface area contributed by atoms with E-state index in [1.807, 2.05) is 74.5 Å². The average molecular weight is 439 g/mol. The van der Waals surface area contributed by atoms with Gasteiger partial charge in [-0.25, -0.2) is 9.59 Å². The van der Waals surface area contributed by atoms with E-state index in [0.717, 1.165) is 22.3 Å². The molecule has 0 atom stereocenters. The molecule has 31 heavy (non-hydrogen) atoms. The van der Waals surface area contributed by atoms with Crippen LogP contribution < -0.4 is 0 Å². The van der Waals surface area contributed by atoms with Gasteiger partial charge >= 0.3 is 11.9 Å². The minimum Gasteiger partial charge on any atom is -0.466 e. The Kier molecular flexibility index (Phi) is 9.29. The summed E-state index contributed by atoms with van der Waals surface area (Å²) in [5, 5.41) is 0.692. The van der Waals surface area contributed by atoms with Gasteiger partial charge in [0.15, 0.2) is 0 Å². The second kappa shape index (κ2) is 11.9.